The van der Waals surface area contributed by atoms with Gasteiger partial charge in [0.15, 0.2) is 0 Å². The van der Waals surface area contributed by atoms with Crippen LogP contribution in [0.5, 0.6) is 0 Å². The van der Waals surface area contributed by atoms with Gasteiger partial charge in [-0.05, 0) is 62.0 Å². The largest absolute Gasteiger partial charge is 0.383 e. The molecule has 1 aromatic rings. The van der Waals surface area contributed by atoms with Crippen molar-refractivity contribution in [1.82, 2.24) is 4.72 Å². The van der Waals surface area contributed by atoms with Crippen molar-refractivity contribution in [3.63, 3.8) is 0 Å². The fraction of sp³-hybridized carbons (Fsp3) is 0.625. The lowest BCUT2D eigenvalue weighted by Gasteiger charge is -2.18. The number of anilines is 1. The standard InChI is InChI=1S/C16H22N2O2S/c19-21(20,18-13-7-8-13)15-4-2-1-3-14(15)17-11-16(9-10-16)12-5-6-12/h1-4,12-13,17-18H,5-11H2. The van der Waals surface area contributed by atoms with E-state index in [0.717, 1.165) is 31.0 Å². The minimum atomic E-state index is -3.39. The Hall–Kier alpha value is -1.07. The van der Waals surface area contributed by atoms with E-state index in [-0.39, 0.29) is 6.04 Å². The van der Waals surface area contributed by atoms with Gasteiger partial charge in [-0.25, -0.2) is 13.1 Å². The van der Waals surface area contributed by atoms with Crippen LogP contribution in [0.2, 0.25) is 0 Å². The fourth-order valence-electron chi connectivity index (χ4n) is 3.19. The highest BCUT2D eigenvalue weighted by molar-refractivity contribution is 7.89. The zero-order chi connectivity index (χ0) is 14.5. The Labute approximate surface area is 126 Å². The number of sulfonamides is 1. The van der Waals surface area contributed by atoms with Crippen molar-refractivity contribution in [2.24, 2.45) is 11.3 Å². The van der Waals surface area contributed by atoms with Crippen molar-refractivity contribution < 1.29 is 8.42 Å². The Morgan fingerprint density at radius 2 is 1.81 bits per heavy atom. The second-order valence-electron chi connectivity index (χ2n) is 6.88. The maximum Gasteiger partial charge on any atom is 0.242 e. The van der Waals surface area contributed by atoms with Gasteiger partial charge in [-0.3, -0.25) is 0 Å². The van der Waals surface area contributed by atoms with Gasteiger partial charge in [0.1, 0.15) is 4.90 Å². The number of nitrogens with one attached hydrogen (secondary N) is 2. The summed E-state index contributed by atoms with van der Waals surface area (Å²) < 4.78 is 27.6. The van der Waals surface area contributed by atoms with Crippen LogP contribution < -0.4 is 10.0 Å². The molecule has 0 atom stereocenters. The summed E-state index contributed by atoms with van der Waals surface area (Å²) in [6.07, 6.45) is 7.20. The summed E-state index contributed by atoms with van der Waals surface area (Å²) in [7, 11) is -3.39. The van der Waals surface area contributed by atoms with E-state index in [4.69, 9.17) is 0 Å². The van der Waals surface area contributed by atoms with Crippen LogP contribution in [-0.2, 0) is 10.0 Å². The van der Waals surface area contributed by atoms with Crippen LogP contribution in [0.3, 0.4) is 0 Å². The first-order chi connectivity index (χ1) is 10.1. The lowest BCUT2D eigenvalue weighted by molar-refractivity contribution is 0.466. The number of rotatable bonds is 7. The average Bonchev–Trinajstić information content (AvgIpc) is 3.30. The van der Waals surface area contributed by atoms with Crippen LogP contribution in [0.4, 0.5) is 5.69 Å². The molecule has 3 saturated carbocycles. The molecular weight excluding hydrogens is 284 g/mol. The van der Waals surface area contributed by atoms with E-state index < -0.39 is 10.0 Å². The first-order valence-electron chi connectivity index (χ1n) is 7.94. The third-order valence-corrected chi connectivity index (χ3v) is 6.62. The van der Waals surface area contributed by atoms with Crippen molar-refractivity contribution in [3.05, 3.63) is 24.3 Å². The predicted octanol–water partition coefficient (Wildman–Crippen LogP) is 2.73. The molecule has 0 spiro atoms. The van der Waals surface area contributed by atoms with E-state index >= 15 is 0 Å². The second-order valence-corrected chi connectivity index (χ2v) is 8.56. The van der Waals surface area contributed by atoms with E-state index in [2.05, 4.69) is 10.0 Å². The van der Waals surface area contributed by atoms with Gasteiger partial charge in [0.25, 0.3) is 0 Å². The average molecular weight is 306 g/mol. The molecule has 3 aliphatic rings. The zero-order valence-electron chi connectivity index (χ0n) is 12.1. The Kier molecular flexibility index (Phi) is 3.05. The normalized spacial score (nSPS) is 23.8. The monoisotopic (exact) mass is 306 g/mol. The molecule has 0 bridgehead atoms. The van der Waals surface area contributed by atoms with Gasteiger partial charge in [0.05, 0.1) is 5.69 Å². The highest BCUT2D eigenvalue weighted by atomic mass is 32.2. The third kappa shape index (κ3) is 2.81. The number of benzene rings is 1. The summed E-state index contributed by atoms with van der Waals surface area (Å²) in [5.41, 5.74) is 1.21. The van der Waals surface area contributed by atoms with Crippen molar-refractivity contribution in [2.75, 3.05) is 11.9 Å². The molecule has 4 nitrogen and oxygen atoms in total. The van der Waals surface area contributed by atoms with Crippen molar-refractivity contribution >= 4 is 15.7 Å². The molecule has 0 amide bonds. The Morgan fingerprint density at radius 3 is 2.43 bits per heavy atom. The molecule has 1 aromatic carbocycles. The van der Waals surface area contributed by atoms with Gasteiger partial charge >= 0.3 is 0 Å². The fourth-order valence-corrected chi connectivity index (χ4v) is 4.68. The smallest absolute Gasteiger partial charge is 0.242 e. The highest BCUT2D eigenvalue weighted by Gasteiger charge is 2.53. The lowest BCUT2D eigenvalue weighted by atomic mass is 10.0. The molecule has 0 unspecified atom stereocenters. The number of hydrogen-bond donors (Lipinski definition) is 2. The van der Waals surface area contributed by atoms with Crippen molar-refractivity contribution in [1.29, 1.82) is 0 Å². The molecule has 21 heavy (non-hydrogen) atoms. The molecule has 3 fully saturated rings. The van der Waals surface area contributed by atoms with Gasteiger partial charge in [-0.2, -0.15) is 0 Å². The number of hydrogen-bond acceptors (Lipinski definition) is 3. The summed E-state index contributed by atoms with van der Waals surface area (Å²) in [4.78, 5) is 0.392. The van der Waals surface area contributed by atoms with Gasteiger partial charge in [0, 0.05) is 12.6 Å². The van der Waals surface area contributed by atoms with E-state index in [0.29, 0.717) is 10.3 Å². The highest BCUT2D eigenvalue weighted by Crippen LogP contribution is 2.61. The molecular formula is C16H22N2O2S. The maximum absolute atomic E-state index is 12.4. The third-order valence-electron chi connectivity index (χ3n) is 5.04. The van der Waals surface area contributed by atoms with Gasteiger partial charge in [-0.1, -0.05) is 12.1 Å². The minimum Gasteiger partial charge on any atom is -0.383 e. The quantitative estimate of drug-likeness (QED) is 0.814. The van der Waals surface area contributed by atoms with E-state index in [1.54, 1.807) is 12.1 Å². The molecule has 2 N–H and O–H groups in total. The van der Waals surface area contributed by atoms with Crippen LogP contribution in [0.25, 0.3) is 0 Å². The molecule has 114 valence electrons. The van der Waals surface area contributed by atoms with E-state index in [1.165, 1.54) is 25.7 Å². The first-order valence-corrected chi connectivity index (χ1v) is 9.43. The van der Waals surface area contributed by atoms with Gasteiger partial charge < -0.3 is 5.32 Å². The number of para-hydroxylation sites is 1. The van der Waals surface area contributed by atoms with Crippen molar-refractivity contribution in [2.45, 2.75) is 49.5 Å². The zero-order valence-corrected chi connectivity index (χ0v) is 13.0. The van der Waals surface area contributed by atoms with Crippen LogP contribution in [-0.4, -0.2) is 21.0 Å². The molecule has 4 rings (SSSR count). The van der Waals surface area contributed by atoms with Gasteiger partial charge in [0.2, 0.25) is 10.0 Å². The van der Waals surface area contributed by atoms with Crippen LogP contribution in [0.1, 0.15) is 38.5 Å². The van der Waals surface area contributed by atoms with E-state index in [9.17, 15) is 8.42 Å². The SMILES string of the molecule is O=S(=O)(NC1CC1)c1ccccc1NCC1(C2CC2)CC1. The lowest BCUT2D eigenvalue weighted by Crippen LogP contribution is -2.27. The topological polar surface area (TPSA) is 58.2 Å². The predicted molar refractivity (Wildman–Crippen MR) is 82.7 cm³/mol. The molecule has 0 aromatic heterocycles. The Bertz CT molecular complexity index is 644. The van der Waals surface area contributed by atoms with E-state index in [1.807, 2.05) is 12.1 Å². The van der Waals surface area contributed by atoms with Gasteiger partial charge in [-0.15, -0.1) is 0 Å². The van der Waals surface area contributed by atoms with Crippen molar-refractivity contribution in [3.8, 4) is 0 Å². The summed E-state index contributed by atoms with van der Waals surface area (Å²) in [5, 5.41) is 3.42. The maximum atomic E-state index is 12.4. The summed E-state index contributed by atoms with van der Waals surface area (Å²) in [6.45, 7) is 0.910. The molecule has 3 aliphatic carbocycles. The molecule has 0 radical (unpaired) electrons. The summed E-state index contributed by atoms with van der Waals surface area (Å²) >= 11 is 0. The molecule has 5 heteroatoms. The van der Waals surface area contributed by atoms with Crippen LogP contribution in [0, 0.1) is 11.3 Å². The first kappa shape index (κ1) is 13.6. The molecule has 0 aliphatic heterocycles. The summed E-state index contributed by atoms with van der Waals surface area (Å²) in [5.74, 6) is 0.873. The van der Waals surface area contributed by atoms with Crippen LogP contribution >= 0.6 is 0 Å². The Morgan fingerprint density at radius 1 is 1.10 bits per heavy atom. The van der Waals surface area contributed by atoms with Crippen LogP contribution in [0.15, 0.2) is 29.2 Å². The summed E-state index contributed by atoms with van der Waals surface area (Å²) in [6, 6.07) is 7.41. The minimum absolute atomic E-state index is 0.143. The molecule has 0 saturated heterocycles. The second kappa shape index (κ2) is 4.71. The Balaban J connectivity index is 1.51. The molecule has 0 heterocycles.